The highest BCUT2D eigenvalue weighted by Crippen LogP contribution is 2.21. The maximum absolute atomic E-state index is 12.3. The Labute approximate surface area is 108 Å². The van der Waals surface area contributed by atoms with Gasteiger partial charge in [-0.3, -0.25) is 5.84 Å². The second-order valence-electron chi connectivity index (χ2n) is 4.37. The number of hydrazine groups is 1. The number of sulfonamides is 1. The summed E-state index contributed by atoms with van der Waals surface area (Å²) in [6.45, 7) is 5.74. The highest BCUT2D eigenvalue weighted by Gasteiger charge is 2.29. The lowest BCUT2D eigenvalue weighted by Gasteiger charge is -2.27. The first-order valence-corrected chi connectivity index (χ1v) is 7.32. The molecular weight excluding hydrogens is 252 g/mol. The standard InChI is InChI=1S/C11H20N4O2S/c1-4-11(3,5-2)15-18(16,17)10-9(14-12)7-6-8-13-10/h6-8,14-15H,4-5,12H2,1-3H3. The fourth-order valence-electron chi connectivity index (χ4n) is 1.48. The van der Waals surface area contributed by atoms with Gasteiger partial charge in [0, 0.05) is 11.7 Å². The number of rotatable bonds is 6. The fraction of sp³-hybridized carbons (Fsp3) is 0.545. The van der Waals surface area contributed by atoms with Crippen LogP contribution in [-0.4, -0.2) is 18.9 Å². The summed E-state index contributed by atoms with van der Waals surface area (Å²) in [5, 5.41) is -0.0828. The predicted molar refractivity (Wildman–Crippen MR) is 71.4 cm³/mol. The van der Waals surface area contributed by atoms with Gasteiger partial charge in [-0.25, -0.2) is 18.1 Å². The van der Waals surface area contributed by atoms with E-state index in [1.165, 1.54) is 6.20 Å². The van der Waals surface area contributed by atoms with Crippen LogP contribution in [0.4, 0.5) is 5.69 Å². The molecule has 0 unspecified atom stereocenters. The van der Waals surface area contributed by atoms with Gasteiger partial charge in [0.05, 0.1) is 5.69 Å². The smallest absolute Gasteiger partial charge is 0.260 e. The number of nitrogens with two attached hydrogens (primary N) is 1. The molecule has 1 rings (SSSR count). The van der Waals surface area contributed by atoms with Crippen LogP contribution in [0, 0.1) is 0 Å². The Morgan fingerprint density at radius 1 is 1.39 bits per heavy atom. The summed E-state index contributed by atoms with van der Waals surface area (Å²) in [6, 6.07) is 3.18. The lowest BCUT2D eigenvalue weighted by molar-refractivity contribution is 0.388. The second-order valence-corrected chi connectivity index (χ2v) is 5.97. The van der Waals surface area contributed by atoms with Crippen LogP contribution in [0.25, 0.3) is 0 Å². The minimum atomic E-state index is -3.69. The van der Waals surface area contributed by atoms with Crippen molar-refractivity contribution in [2.75, 3.05) is 5.43 Å². The number of anilines is 1. The molecule has 0 fully saturated rings. The molecule has 0 saturated heterocycles. The van der Waals surface area contributed by atoms with Crippen molar-refractivity contribution in [2.45, 2.75) is 44.2 Å². The Hall–Kier alpha value is -1.18. The van der Waals surface area contributed by atoms with Crippen LogP contribution >= 0.6 is 0 Å². The van der Waals surface area contributed by atoms with Crippen LogP contribution in [0.5, 0.6) is 0 Å². The molecule has 1 heterocycles. The van der Waals surface area contributed by atoms with Gasteiger partial charge in [-0.2, -0.15) is 0 Å². The van der Waals surface area contributed by atoms with Crippen LogP contribution in [-0.2, 0) is 10.0 Å². The zero-order valence-electron chi connectivity index (χ0n) is 10.9. The maximum Gasteiger partial charge on any atom is 0.260 e. The molecule has 18 heavy (non-hydrogen) atoms. The quantitative estimate of drug-likeness (QED) is 0.534. The van der Waals surface area contributed by atoms with Crippen molar-refractivity contribution < 1.29 is 8.42 Å². The predicted octanol–water partition coefficient (Wildman–Crippen LogP) is 1.22. The highest BCUT2D eigenvalue weighted by atomic mass is 32.2. The van der Waals surface area contributed by atoms with Gasteiger partial charge in [0.25, 0.3) is 10.0 Å². The van der Waals surface area contributed by atoms with E-state index in [9.17, 15) is 8.42 Å². The molecule has 1 aromatic rings. The average Bonchev–Trinajstić information content (AvgIpc) is 2.38. The number of hydrogen-bond acceptors (Lipinski definition) is 5. The lowest BCUT2D eigenvalue weighted by atomic mass is 9.98. The van der Waals surface area contributed by atoms with E-state index in [2.05, 4.69) is 15.1 Å². The van der Waals surface area contributed by atoms with Crippen LogP contribution < -0.4 is 16.0 Å². The zero-order chi connectivity index (χ0) is 13.8. The molecule has 0 amide bonds. The van der Waals surface area contributed by atoms with Crippen molar-refractivity contribution in [3.8, 4) is 0 Å². The molecule has 0 atom stereocenters. The van der Waals surface area contributed by atoms with Crippen molar-refractivity contribution in [3.05, 3.63) is 18.3 Å². The summed E-state index contributed by atoms with van der Waals surface area (Å²) in [4.78, 5) is 3.88. The Bertz CT molecular complexity index is 498. The van der Waals surface area contributed by atoms with E-state index in [1.54, 1.807) is 12.1 Å². The maximum atomic E-state index is 12.3. The normalized spacial score (nSPS) is 12.4. The Balaban J connectivity index is 3.14. The van der Waals surface area contributed by atoms with E-state index in [0.29, 0.717) is 12.8 Å². The first kappa shape index (κ1) is 14.9. The molecule has 0 aliphatic carbocycles. The number of nitrogens with one attached hydrogen (secondary N) is 2. The van der Waals surface area contributed by atoms with Crippen molar-refractivity contribution in [1.29, 1.82) is 0 Å². The van der Waals surface area contributed by atoms with E-state index in [0.717, 1.165) is 0 Å². The minimum Gasteiger partial charge on any atom is -0.321 e. The molecule has 4 N–H and O–H groups in total. The monoisotopic (exact) mass is 272 g/mol. The van der Waals surface area contributed by atoms with Gasteiger partial charge >= 0.3 is 0 Å². The molecule has 0 bridgehead atoms. The summed E-state index contributed by atoms with van der Waals surface area (Å²) in [5.74, 6) is 5.29. The molecule has 0 aliphatic heterocycles. The minimum absolute atomic E-state index is 0.0828. The largest absolute Gasteiger partial charge is 0.321 e. The molecular formula is C11H20N4O2S. The van der Waals surface area contributed by atoms with Crippen molar-refractivity contribution in [2.24, 2.45) is 5.84 Å². The van der Waals surface area contributed by atoms with Gasteiger partial charge in [-0.1, -0.05) is 13.8 Å². The molecule has 102 valence electrons. The Morgan fingerprint density at radius 3 is 2.50 bits per heavy atom. The van der Waals surface area contributed by atoms with E-state index in [1.807, 2.05) is 20.8 Å². The SMILES string of the molecule is CCC(C)(CC)NS(=O)(=O)c1ncccc1NN. The number of pyridine rings is 1. The Morgan fingerprint density at radius 2 is 2.00 bits per heavy atom. The van der Waals surface area contributed by atoms with Crippen molar-refractivity contribution in [1.82, 2.24) is 9.71 Å². The molecule has 0 aromatic carbocycles. The molecule has 7 heteroatoms. The molecule has 0 radical (unpaired) electrons. The van der Waals surface area contributed by atoms with Crippen LogP contribution in [0.15, 0.2) is 23.4 Å². The number of hydrogen-bond donors (Lipinski definition) is 3. The first-order valence-electron chi connectivity index (χ1n) is 5.84. The summed E-state index contributed by atoms with van der Waals surface area (Å²) in [7, 11) is -3.69. The molecule has 0 aliphatic rings. The van der Waals surface area contributed by atoms with Gasteiger partial charge < -0.3 is 5.43 Å². The van der Waals surface area contributed by atoms with Crippen molar-refractivity contribution >= 4 is 15.7 Å². The first-order chi connectivity index (χ1) is 8.38. The molecule has 0 spiro atoms. The van der Waals surface area contributed by atoms with Gasteiger partial charge in [-0.15, -0.1) is 0 Å². The van der Waals surface area contributed by atoms with Gasteiger partial charge in [0.2, 0.25) is 0 Å². The van der Waals surface area contributed by atoms with E-state index in [-0.39, 0.29) is 10.7 Å². The van der Waals surface area contributed by atoms with Crippen molar-refractivity contribution in [3.63, 3.8) is 0 Å². The number of aromatic nitrogens is 1. The van der Waals surface area contributed by atoms with Gasteiger partial charge in [0.1, 0.15) is 0 Å². The fourth-order valence-corrected chi connectivity index (χ4v) is 3.13. The lowest BCUT2D eigenvalue weighted by Crippen LogP contribution is -2.45. The summed E-state index contributed by atoms with van der Waals surface area (Å²) in [5.41, 5.74) is 2.14. The Kier molecular flexibility index (Phi) is 4.66. The third kappa shape index (κ3) is 3.18. The summed E-state index contributed by atoms with van der Waals surface area (Å²) in [6.07, 6.45) is 2.81. The van der Waals surface area contributed by atoms with E-state index >= 15 is 0 Å². The van der Waals surface area contributed by atoms with E-state index < -0.39 is 15.6 Å². The third-order valence-corrected chi connectivity index (χ3v) is 4.72. The van der Waals surface area contributed by atoms with Crippen LogP contribution in [0.2, 0.25) is 0 Å². The van der Waals surface area contributed by atoms with E-state index in [4.69, 9.17) is 5.84 Å². The average molecular weight is 272 g/mol. The second kappa shape index (κ2) is 5.64. The summed E-state index contributed by atoms with van der Waals surface area (Å²) < 4.78 is 27.2. The van der Waals surface area contributed by atoms with Gasteiger partial charge in [0.15, 0.2) is 5.03 Å². The highest BCUT2D eigenvalue weighted by molar-refractivity contribution is 7.89. The van der Waals surface area contributed by atoms with Gasteiger partial charge in [-0.05, 0) is 31.9 Å². The molecule has 1 aromatic heterocycles. The topological polar surface area (TPSA) is 97.1 Å². The summed E-state index contributed by atoms with van der Waals surface area (Å²) >= 11 is 0. The third-order valence-electron chi connectivity index (χ3n) is 3.12. The molecule has 6 nitrogen and oxygen atoms in total. The number of nitrogens with zero attached hydrogens (tertiary/aromatic N) is 1. The number of nitrogen functional groups attached to an aromatic ring is 1. The zero-order valence-corrected chi connectivity index (χ0v) is 11.7. The van der Waals surface area contributed by atoms with Crippen LogP contribution in [0.3, 0.4) is 0 Å². The molecule has 0 saturated carbocycles. The van der Waals surface area contributed by atoms with Crippen LogP contribution in [0.1, 0.15) is 33.6 Å².